The number of halogens is 1. The van der Waals surface area contributed by atoms with Crippen LogP contribution < -0.4 is 5.32 Å². The molecule has 0 bridgehead atoms. The zero-order chi connectivity index (χ0) is 17.8. The Morgan fingerprint density at radius 3 is 2.64 bits per heavy atom. The summed E-state index contributed by atoms with van der Waals surface area (Å²) in [5, 5.41) is 2.93. The molecule has 7 heteroatoms. The SMILES string of the molecule is CC1CN(CCNC(=O)c2cncn2-c2ccc(F)cc2)CC(C)O1. The van der Waals surface area contributed by atoms with Gasteiger partial charge >= 0.3 is 0 Å². The van der Waals surface area contributed by atoms with Crippen LogP contribution in [-0.4, -0.2) is 58.7 Å². The zero-order valence-corrected chi connectivity index (χ0v) is 14.5. The molecule has 1 aliphatic rings. The van der Waals surface area contributed by atoms with E-state index in [0.29, 0.717) is 17.9 Å². The number of rotatable bonds is 5. The monoisotopic (exact) mass is 346 g/mol. The van der Waals surface area contributed by atoms with Crippen LogP contribution in [-0.2, 0) is 4.74 Å². The average molecular weight is 346 g/mol. The predicted octanol–water partition coefficient (Wildman–Crippen LogP) is 1.85. The highest BCUT2D eigenvalue weighted by Gasteiger charge is 2.22. The fourth-order valence-corrected chi connectivity index (χ4v) is 3.16. The van der Waals surface area contributed by atoms with Gasteiger partial charge in [-0.2, -0.15) is 0 Å². The molecule has 25 heavy (non-hydrogen) atoms. The summed E-state index contributed by atoms with van der Waals surface area (Å²) in [4.78, 5) is 18.8. The van der Waals surface area contributed by atoms with Gasteiger partial charge in [0.1, 0.15) is 11.5 Å². The summed E-state index contributed by atoms with van der Waals surface area (Å²) in [6, 6.07) is 5.95. The van der Waals surface area contributed by atoms with Crippen LogP contribution >= 0.6 is 0 Å². The van der Waals surface area contributed by atoms with Gasteiger partial charge in [0.15, 0.2) is 0 Å². The van der Waals surface area contributed by atoms with Crippen molar-refractivity contribution in [3.8, 4) is 5.69 Å². The molecule has 2 atom stereocenters. The Hall–Kier alpha value is -2.25. The lowest BCUT2D eigenvalue weighted by atomic mass is 10.2. The van der Waals surface area contributed by atoms with Crippen molar-refractivity contribution in [1.29, 1.82) is 0 Å². The third kappa shape index (κ3) is 4.43. The van der Waals surface area contributed by atoms with E-state index in [2.05, 4.69) is 29.0 Å². The summed E-state index contributed by atoms with van der Waals surface area (Å²) >= 11 is 0. The Morgan fingerprint density at radius 2 is 1.96 bits per heavy atom. The molecule has 1 saturated heterocycles. The Bertz CT molecular complexity index is 706. The van der Waals surface area contributed by atoms with Crippen molar-refractivity contribution in [2.45, 2.75) is 26.1 Å². The number of amides is 1. The maximum absolute atomic E-state index is 13.1. The molecule has 2 heterocycles. The summed E-state index contributed by atoms with van der Waals surface area (Å²) in [6.07, 6.45) is 3.48. The Morgan fingerprint density at radius 1 is 1.28 bits per heavy atom. The van der Waals surface area contributed by atoms with E-state index in [9.17, 15) is 9.18 Å². The van der Waals surface area contributed by atoms with E-state index >= 15 is 0 Å². The average Bonchev–Trinajstić information content (AvgIpc) is 3.04. The number of hydrogen-bond acceptors (Lipinski definition) is 4. The maximum Gasteiger partial charge on any atom is 0.269 e. The van der Waals surface area contributed by atoms with Gasteiger partial charge in [-0.15, -0.1) is 0 Å². The number of ether oxygens (including phenoxy) is 1. The van der Waals surface area contributed by atoms with Crippen LogP contribution in [0.25, 0.3) is 5.69 Å². The Labute approximate surface area is 146 Å². The normalized spacial score (nSPS) is 21.2. The summed E-state index contributed by atoms with van der Waals surface area (Å²) < 4.78 is 20.4. The van der Waals surface area contributed by atoms with Crippen LogP contribution in [0.5, 0.6) is 0 Å². The maximum atomic E-state index is 13.1. The van der Waals surface area contributed by atoms with Crippen LogP contribution in [0.2, 0.25) is 0 Å². The van der Waals surface area contributed by atoms with Gasteiger partial charge in [0.25, 0.3) is 5.91 Å². The zero-order valence-electron chi connectivity index (χ0n) is 14.5. The first-order chi connectivity index (χ1) is 12.0. The third-order valence-corrected chi connectivity index (χ3v) is 4.18. The first kappa shape index (κ1) is 17.6. The Kier molecular flexibility index (Phi) is 5.45. The molecule has 0 aliphatic carbocycles. The number of nitrogens with zero attached hydrogens (tertiary/aromatic N) is 3. The van der Waals surface area contributed by atoms with Crippen LogP contribution in [0.3, 0.4) is 0 Å². The predicted molar refractivity (Wildman–Crippen MR) is 92.3 cm³/mol. The molecule has 2 aromatic rings. The van der Waals surface area contributed by atoms with Crippen LogP contribution in [0.4, 0.5) is 4.39 Å². The van der Waals surface area contributed by atoms with Crippen LogP contribution in [0, 0.1) is 5.82 Å². The van der Waals surface area contributed by atoms with Gasteiger partial charge in [-0.1, -0.05) is 0 Å². The van der Waals surface area contributed by atoms with Crippen molar-refractivity contribution >= 4 is 5.91 Å². The molecule has 0 saturated carbocycles. The van der Waals surface area contributed by atoms with Crippen molar-refractivity contribution in [2.24, 2.45) is 0 Å². The number of hydrogen-bond donors (Lipinski definition) is 1. The second kappa shape index (κ2) is 7.76. The topological polar surface area (TPSA) is 59.4 Å². The molecule has 1 N–H and O–H groups in total. The summed E-state index contributed by atoms with van der Waals surface area (Å²) in [5.41, 5.74) is 1.12. The van der Waals surface area contributed by atoms with Crippen LogP contribution in [0.1, 0.15) is 24.3 Å². The van der Waals surface area contributed by atoms with E-state index in [1.165, 1.54) is 18.3 Å². The number of carbonyl (C=O) groups excluding carboxylic acids is 1. The van der Waals surface area contributed by atoms with Crippen molar-refractivity contribution in [3.63, 3.8) is 0 Å². The molecule has 134 valence electrons. The van der Waals surface area contributed by atoms with Crippen molar-refractivity contribution < 1.29 is 13.9 Å². The third-order valence-electron chi connectivity index (χ3n) is 4.18. The van der Waals surface area contributed by atoms with E-state index < -0.39 is 0 Å². The molecular weight excluding hydrogens is 323 g/mol. The molecule has 6 nitrogen and oxygen atoms in total. The largest absolute Gasteiger partial charge is 0.373 e. The minimum atomic E-state index is -0.316. The number of benzene rings is 1. The second-order valence-electron chi connectivity index (χ2n) is 6.40. The van der Waals surface area contributed by atoms with Gasteiger partial charge in [-0.3, -0.25) is 14.3 Å². The molecule has 1 aliphatic heterocycles. The van der Waals surface area contributed by atoms with Gasteiger partial charge in [0.2, 0.25) is 0 Å². The molecule has 1 aromatic carbocycles. The number of carbonyl (C=O) groups is 1. The fourth-order valence-electron chi connectivity index (χ4n) is 3.16. The highest BCUT2D eigenvalue weighted by molar-refractivity contribution is 5.92. The highest BCUT2D eigenvalue weighted by atomic mass is 19.1. The van der Waals surface area contributed by atoms with Crippen molar-refractivity contribution in [3.05, 3.63) is 48.3 Å². The molecule has 0 radical (unpaired) electrons. The quantitative estimate of drug-likeness (QED) is 0.898. The summed E-state index contributed by atoms with van der Waals surface area (Å²) in [7, 11) is 0. The highest BCUT2D eigenvalue weighted by Crippen LogP contribution is 2.12. The van der Waals surface area contributed by atoms with E-state index in [1.807, 2.05) is 0 Å². The number of aromatic nitrogens is 2. The van der Waals surface area contributed by atoms with Gasteiger partial charge in [0.05, 0.1) is 24.7 Å². The van der Waals surface area contributed by atoms with Gasteiger partial charge in [-0.25, -0.2) is 9.37 Å². The minimum absolute atomic E-state index is 0.198. The fraction of sp³-hybridized carbons (Fsp3) is 0.444. The lowest BCUT2D eigenvalue weighted by molar-refractivity contribution is -0.0672. The van der Waals surface area contributed by atoms with E-state index in [0.717, 1.165) is 19.6 Å². The van der Waals surface area contributed by atoms with Gasteiger partial charge in [0, 0.05) is 31.9 Å². The molecule has 1 amide bonds. The molecule has 3 rings (SSSR count). The minimum Gasteiger partial charge on any atom is -0.373 e. The molecule has 1 aromatic heterocycles. The molecular formula is C18H23FN4O2. The Balaban J connectivity index is 1.57. The van der Waals surface area contributed by atoms with E-state index in [-0.39, 0.29) is 23.9 Å². The second-order valence-corrected chi connectivity index (χ2v) is 6.40. The number of nitrogens with one attached hydrogen (secondary N) is 1. The van der Waals surface area contributed by atoms with Gasteiger partial charge < -0.3 is 10.1 Å². The number of imidazole rings is 1. The lowest BCUT2D eigenvalue weighted by Gasteiger charge is -2.35. The molecule has 0 spiro atoms. The first-order valence-electron chi connectivity index (χ1n) is 8.47. The standard InChI is InChI=1S/C18H23FN4O2/c1-13-10-22(11-14(2)25-13)8-7-21-18(24)17-9-20-12-23(17)16-5-3-15(19)4-6-16/h3-6,9,12-14H,7-8,10-11H2,1-2H3,(H,21,24). The first-order valence-corrected chi connectivity index (χ1v) is 8.47. The number of morpholine rings is 1. The lowest BCUT2D eigenvalue weighted by Crippen LogP contribution is -2.47. The van der Waals surface area contributed by atoms with Crippen molar-refractivity contribution in [1.82, 2.24) is 19.8 Å². The smallest absolute Gasteiger partial charge is 0.269 e. The summed E-state index contributed by atoms with van der Waals surface area (Å²) in [5.74, 6) is -0.514. The molecule has 2 unspecified atom stereocenters. The summed E-state index contributed by atoms with van der Waals surface area (Å²) in [6.45, 7) is 7.17. The van der Waals surface area contributed by atoms with E-state index in [1.54, 1.807) is 23.0 Å². The van der Waals surface area contributed by atoms with Gasteiger partial charge in [-0.05, 0) is 38.1 Å². The van der Waals surface area contributed by atoms with E-state index in [4.69, 9.17) is 4.74 Å². The van der Waals surface area contributed by atoms with Crippen molar-refractivity contribution in [2.75, 3.05) is 26.2 Å². The molecule has 1 fully saturated rings. The van der Waals surface area contributed by atoms with Crippen LogP contribution in [0.15, 0.2) is 36.8 Å².